The van der Waals surface area contributed by atoms with Gasteiger partial charge in [-0.25, -0.2) is 0 Å². The van der Waals surface area contributed by atoms with Crippen molar-refractivity contribution in [1.82, 2.24) is 0 Å². The molecule has 0 aromatic heterocycles. The molecule has 1 heteroatoms. The van der Waals surface area contributed by atoms with Crippen LogP contribution in [0.15, 0.2) is 0 Å². The molecule has 1 N–H and O–H groups in total. The van der Waals surface area contributed by atoms with Crippen molar-refractivity contribution in [2.45, 2.75) is 46.6 Å². The zero-order chi connectivity index (χ0) is 8.15. The standard InChI is InChI=1S/C9H20O/c1-5-8(7(3)4)9(10)6-2/h7-10H,5-6H2,1-4H3/t8-,9?/m1/s1. The highest BCUT2D eigenvalue weighted by molar-refractivity contribution is 4.68. The van der Waals surface area contributed by atoms with Crippen molar-refractivity contribution in [3.8, 4) is 0 Å². The summed E-state index contributed by atoms with van der Waals surface area (Å²) in [6.07, 6.45) is 1.88. The van der Waals surface area contributed by atoms with Gasteiger partial charge in [-0.1, -0.05) is 34.1 Å². The minimum atomic E-state index is -0.0926. The summed E-state index contributed by atoms with van der Waals surface area (Å²) in [6.45, 7) is 8.53. The van der Waals surface area contributed by atoms with Gasteiger partial charge in [0.25, 0.3) is 0 Å². The molecule has 62 valence electrons. The van der Waals surface area contributed by atoms with Crippen LogP contribution in [0.5, 0.6) is 0 Å². The van der Waals surface area contributed by atoms with E-state index in [4.69, 9.17) is 0 Å². The van der Waals surface area contributed by atoms with Crippen LogP contribution in [0.3, 0.4) is 0 Å². The smallest absolute Gasteiger partial charge is 0.0568 e. The molecule has 0 aliphatic heterocycles. The monoisotopic (exact) mass is 144 g/mol. The molecular weight excluding hydrogens is 124 g/mol. The summed E-state index contributed by atoms with van der Waals surface area (Å²) in [4.78, 5) is 0. The normalized spacial score (nSPS) is 17.4. The summed E-state index contributed by atoms with van der Waals surface area (Å²) < 4.78 is 0. The number of aliphatic hydroxyl groups excluding tert-OH is 1. The second-order valence-corrected chi connectivity index (χ2v) is 3.29. The van der Waals surface area contributed by atoms with E-state index in [1.54, 1.807) is 0 Å². The Hall–Kier alpha value is -0.0400. The SMILES string of the molecule is CCC(O)[C@H](CC)C(C)C. The van der Waals surface area contributed by atoms with Crippen LogP contribution < -0.4 is 0 Å². The molecule has 0 bridgehead atoms. The quantitative estimate of drug-likeness (QED) is 0.642. The Morgan fingerprint density at radius 2 is 1.60 bits per heavy atom. The first-order chi connectivity index (χ1) is 4.63. The van der Waals surface area contributed by atoms with Gasteiger partial charge in [0.15, 0.2) is 0 Å². The maximum absolute atomic E-state index is 9.49. The summed E-state index contributed by atoms with van der Waals surface area (Å²) in [7, 11) is 0. The van der Waals surface area contributed by atoms with Gasteiger partial charge in [-0.05, 0) is 18.3 Å². The van der Waals surface area contributed by atoms with Gasteiger partial charge in [0.05, 0.1) is 6.10 Å². The summed E-state index contributed by atoms with van der Waals surface area (Å²) in [5, 5.41) is 9.49. The molecule has 0 spiro atoms. The zero-order valence-electron chi connectivity index (χ0n) is 7.59. The zero-order valence-corrected chi connectivity index (χ0v) is 7.59. The van der Waals surface area contributed by atoms with Crippen LogP contribution >= 0.6 is 0 Å². The molecular formula is C9H20O. The van der Waals surface area contributed by atoms with Gasteiger partial charge in [-0.2, -0.15) is 0 Å². The van der Waals surface area contributed by atoms with Crippen LogP contribution in [-0.4, -0.2) is 11.2 Å². The lowest BCUT2D eigenvalue weighted by atomic mass is 9.87. The van der Waals surface area contributed by atoms with Gasteiger partial charge in [-0.15, -0.1) is 0 Å². The van der Waals surface area contributed by atoms with Crippen molar-refractivity contribution in [3.05, 3.63) is 0 Å². The van der Waals surface area contributed by atoms with E-state index in [9.17, 15) is 5.11 Å². The first-order valence-corrected chi connectivity index (χ1v) is 4.31. The van der Waals surface area contributed by atoms with Crippen LogP contribution in [0.2, 0.25) is 0 Å². The van der Waals surface area contributed by atoms with Crippen LogP contribution in [0.1, 0.15) is 40.5 Å². The summed E-state index contributed by atoms with van der Waals surface area (Å²) >= 11 is 0. The molecule has 10 heavy (non-hydrogen) atoms. The highest BCUT2D eigenvalue weighted by Gasteiger charge is 2.18. The lowest BCUT2D eigenvalue weighted by Gasteiger charge is -2.23. The topological polar surface area (TPSA) is 20.2 Å². The molecule has 2 atom stereocenters. The number of rotatable bonds is 4. The first-order valence-electron chi connectivity index (χ1n) is 4.31. The minimum Gasteiger partial charge on any atom is -0.393 e. The van der Waals surface area contributed by atoms with Crippen molar-refractivity contribution in [2.75, 3.05) is 0 Å². The average molecular weight is 144 g/mol. The van der Waals surface area contributed by atoms with Gasteiger partial charge in [0.2, 0.25) is 0 Å². The molecule has 0 saturated carbocycles. The van der Waals surface area contributed by atoms with Crippen molar-refractivity contribution in [1.29, 1.82) is 0 Å². The predicted molar refractivity (Wildman–Crippen MR) is 44.9 cm³/mol. The third kappa shape index (κ3) is 2.70. The van der Waals surface area contributed by atoms with E-state index in [2.05, 4.69) is 20.8 Å². The second kappa shape index (κ2) is 4.73. The van der Waals surface area contributed by atoms with Crippen molar-refractivity contribution in [3.63, 3.8) is 0 Å². The average Bonchev–Trinajstić information content (AvgIpc) is 1.88. The molecule has 1 nitrogen and oxygen atoms in total. The molecule has 0 fully saturated rings. The van der Waals surface area contributed by atoms with Gasteiger partial charge < -0.3 is 5.11 Å². The fraction of sp³-hybridized carbons (Fsp3) is 1.00. The van der Waals surface area contributed by atoms with Gasteiger partial charge in [0, 0.05) is 0 Å². The van der Waals surface area contributed by atoms with Gasteiger partial charge in [0.1, 0.15) is 0 Å². The Balaban J connectivity index is 3.80. The summed E-state index contributed by atoms with van der Waals surface area (Å²) in [6, 6.07) is 0. The van der Waals surface area contributed by atoms with Crippen LogP contribution in [0, 0.1) is 11.8 Å². The molecule has 0 rings (SSSR count). The maximum Gasteiger partial charge on any atom is 0.0568 e. The van der Waals surface area contributed by atoms with E-state index in [1.165, 1.54) is 0 Å². The van der Waals surface area contributed by atoms with E-state index in [0.29, 0.717) is 11.8 Å². The van der Waals surface area contributed by atoms with E-state index in [0.717, 1.165) is 12.8 Å². The highest BCUT2D eigenvalue weighted by atomic mass is 16.3. The summed E-state index contributed by atoms with van der Waals surface area (Å²) in [5.74, 6) is 1.10. The van der Waals surface area contributed by atoms with Crippen molar-refractivity contribution < 1.29 is 5.11 Å². The van der Waals surface area contributed by atoms with E-state index in [1.807, 2.05) is 6.92 Å². The molecule has 0 aliphatic carbocycles. The number of aliphatic hydroxyl groups is 1. The fourth-order valence-corrected chi connectivity index (χ4v) is 1.49. The Bertz CT molecular complexity index is 78.8. The van der Waals surface area contributed by atoms with Crippen molar-refractivity contribution >= 4 is 0 Å². The highest BCUT2D eigenvalue weighted by Crippen LogP contribution is 2.20. The predicted octanol–water partition coefficient (Wildman–Crippen LogP) is 2.44. The molecule has 0 amide bonds. The lowest BCUT2D eigenvalue weighted by molar-refractivity contribution is 0.0757. The van der Waals surface area contributed by atoms with Crippen molar-refractivity contribution in [2.24, 2.45) is 11.8 Å². The summed E-state index contributed by atoms with van der Waals surface area (Å²) in [5.41, 5.74) is 0. The third-order valence-electron chi connectivity index (χ3n) is 2.24. The Kier molecular flexibility index (Phi) is 4.71. The third-order valence-corrected chi connectivity index (χ3v) is 2.24. The van der Waals surface area contributed by atoms with E-state index in [-0.39, 0.29) is 6.10 Å². The minimum absolute atomic E-state index is 0.0926. The molecule has 1 unspecified atom stereocenters. The molecule has 0 aromatic carbocycles. The largest absolute Gasteiger partial charge is 0.393 e. The lowest BCUT2D eigenvalue weighted by Crippen LogP contribution is -2.23. The Morgan fingerprint density at radius 3 is 1.70 bits per heavy atom. The van der Waals surface area contributed by atoms with Crippen LogP contribution in [0.25, 0.3) is 0 Å². The molecule has 0 aliphatic rings. The maximum atomic E-state index is 9.49. The molecule has 0 saturated heterocycles. The fourth-order valence-electron chi connectivity index (χ4n) is 1.49. The molecule has 0 radical (unpaired) electrons. The van der Waals surface area contributed by atoms with Gasteiger partial charge >= 0.3 is 0 Å². The van der Waals surface area contributed by atoms with E-state index < -0.39 is 0 Å². The Labute approximate surface area is 64.5 Å². The van der Waals surface area contributed by atoms with Gasteiger partial charge in [-0.3, -0.25) is 0 Å². The molecule has 0 heterocycles. The van der Waals surface area contributed by atoms with Crippen LogP contribution in [-0.2, 0) is 0 Å². The second-order valence-electron chi connectivity index (χ2n) is 3.29. The van der Waals surface area contributed by atoms with E-state index >= 15 is 0 Å². The first kappa shape index (κ1) is 9.96. The number of hydrogen-bond acceptors (Lipinski definition) is 1. The van der Waals surface area contributed by atoms with Crippen LogP contribution in [0.4, 0.5) is 0 Å². The Morgan fingerprint density at radius 1 is 1.10 bits per heavy atom. The number of hydrogen-bond donors (Lipinski definition) is 1. The molecule has 0 aromatic rings.